The van der Waals surface area contributed by atoms with E-state index in [4.69, 9.17) is 23.7 Å². The van der Waals surface area contributed by atoms with Gasteiger partial charge in [0.05, 0.1) is 24.3 Å². The van der Waals surface area contributed by atoms with Gasteiger partial charge < -0.3 is 28.6 Å². The third-order valence-electron chi connectivity index (χ3n) is 6.56. The van der Waals surface area contributed by atoms with E-state index in [1.807, 2.05) is 48.1 Å². The molecule has 47 heavy (non-hydrogen) atoms. The van der Waals surface area contributed by atoms with Gasteiger partial charge in [0.1, 0.15) is 29.6 Å². The lowest BCUT2D eigenvalue weighted by Gasteiger charge is -2.10. The number of allylic oxidation sites excluding steroid dienone is 3. The zero-order valence-electron chi connectivity index (χ0n) is 27.1. The van der Waals surface area contributed by atoms with E-state index in [9.17, 15) is 14.4 Å². The number of esters is 3. The van der Waals surface area contributed by atoms with Gasteiger partial charge in [-0.2, -0.15) is 0 Å². The van der Waals surface area contributed by atoms with Crippen molar-refractivity contribution < 1.29 is 42.6 Å². The van der Waals surface area contributed by atoms with Crippen LogP contribution < -0.4 is 18.9 Å². The number of hydrogen-bond acceptors (Lipinski definition) is 9. The van der Waals surface area contributed by atoms with Crippen molar-refractivity contribution in [2.75, 3.05) is 38.8 Å². The Bertz CT molecular complexity index is 1560. The number of aromatic nitrogens is 1. The highest BCUT2D eigenvalue weighted by atomic mass is 16.5. The average molecular weight is 642 g/mol. The first-order valence-electron chi connectivity index (χ1n) is 15.1. The minimum absolute atomic E-state index is 0.0726. The Morgan fingerprint density at radius 3 is 1.87 bits per heavy atom. The Morgan fingerprint density at radius 2 is 1.32 bits per heavy atom. The van der Waals surface area contributed by atoms with Crippen LogP contribution in [-0.2, 0) is 25.5 Å². The zero-order valence-corrected chi connectivity index (χ0v) is 27.1. The zero-order chi connectivity index (χ0) is 34.0. The van der Waals surface area contributed by atoms with Crippen LogP contribution in [0.4, 0.5) is 5.69 Å². The van der Waals surface area contributed by atoms with Crippen LogP contribution in [0.2, 0.25) is 0 Å². The molecule has 3 rings (SSSR count). The standard InChI is InChI=1S/C37H41N2O8/c1-6-32(47-37(42)30-13-16-33(17-14-30)43-25-8-9-26-45-35(40)7-2)15-10-28(3)46-36(41)29-11-18-34(19-12-29)44-27-24-39-22-20-31(21-23-39)38(4)5/h6-7,10-23H,2-3,8-9,24-27H2,1,4-5H3/q+1/b15-10-,32-6+. The summed E-state index contributed by atoms with van der Waals surface area (Å²) in [6, 6.07) is 17.3. The minimum Gasteiger partial charge on any atom is -0.494 e. The number of anilines is 1. The number of unbranched alkanes of at least 4 members (excludes halogenated alkanes) is 1. The van der Waals surface area contributed by atoms with Crippen LogP contribution in [0.1, 0.15) is 40.5 Å². The molecule has 0 fully saturated rings. The summed E-state index contributed by atoms with van der Waals surface area (Å²) in [5.74, 6) is -0.0492. The van der Waals surface area contributed by atoms with Gasteiger partial charge in [0.15, 0.2) is 18.9 Å². The Kier molecular flexibility index (Phi) is 14.5. The molecule has 1 heterocycles. The second kappa shape index (κ2) is 19.0. The molecule has 0 aliphatic rings. The maximum Gasteiger partial charge on any atom is 0.343 e. The molecule has 0 bridgehead atoms. The number of pyridine rings is 1. The smallest absolute Gasteiger partial charge is 0.343 e. The van der Waals surface area contributed by atoms with E-state index in [2.05, 4.69) is 13.2 Å². The molecule has 0 saturated carbocycles. The van der Waals surface area contributed by atoms with E-state index in [-0.39, 0.29) is 11.5 Å². The van der Waals surface area contributed by atoms with Crippen LogP contribution in [-0.4, -0.2) is 51.8 Å². The van der Waals surface area contributed by atoms with Crippen molar-refractivity contribution >= 4 is 23.6 Å². The maximum absolute atomic E-state index is 12.6. The Balaban J connectivity index is 1.39. The summed E-state index contributed by atoms with van der Waals surface area (Å²) < 4.78 is 29.2. The number of ether oxygens (including phenoxy) is 5. The van der Waals surface area contributed by atoms with Crippen molar-refractivity contribution in [2.45, 2.75) is 26.3 Å². The Morgan fingerprint density at radius 1 is 0.766 bits per heavy atom. The van der Waals surface area contributed by atoms with Crippen LogP contribution in [0, 0.1) is 0 Å². The van der Waals surface area contributed by atoms with E-state index in [0.29, 0.717) is 61.8 Å². The highest BCUT2D eigenvalue weighted by molar-refractivity contribution is 5.91. The van der Waals surface area contributed by atoms with Gasteiger partial charge in [0.2, 0.25) is 0 Å². The minimum atomic E-state index is -0.583. The Labute approximate surface area is 275 Å². The van der Waals surface area contributed by atoms with Gasteiger partial charge in [-0.3, -0.25) is 0 Å². The van der Waals surface area contributed by atoms with Crippen molar-refractivity contribution in [1.82, 2.24) is 0 Å². The maximum atomic E-state index is 12.6. The third kappa shape index (κ3) is 12.7. The molecule has 0 atom stereocenters. The first-order valence-corrected chi connectivity index (χ1v) is 15.1. The fraction of sp³-hybridized carbons (Fsp3) is 0.243. The first-order chi connectivity index (χ1) is 22.7. The van der Waals surface area contributed by atoms with Crippen molar-refractivity contribution in [1.29, 1.82) is 0 Å². The molecule has 0 aliphatic carbocycles. The van der Waals surface area contributed by atoms with Gasteiger partial charge in [-0.1, -0.05) is 13.2 Å². The highest BCUT2D eigenvalue weighted by Gasteiger charge is 2.11. The van der Waals surface area contributed by atoms with Crippen LogP contribution in [0.25, 0.3) is 0 Å². The summed E-state index contributed by atoms with van der Waals surface area (Å²) in [6.07, 6.45) is 11.0. The predicted molar refractivity (Wildman–Crippen MR) is 178 cm³/mol. The molecule has 10 nitrogen and oxygen atoms in total. The number of rotatable bonds is 18. The van der Waals surface area contributed by atoms with Gasteiger partial charge in [-0.05, 0) is 86.5 Å². The van der Waals surface area contributed by atoms with E-state index < -0.39 is 17.9 Å². The third-order valence-corrected chi connectivity index (χ3v) is 6.56. The summed E-state index contributed by atoms with van der Waals surface area (Å²) in [5.41, 5.74) is 1.78. The number of carbonyl (C=O) groups is 3. The highest BCUT2D eigenvalue weighted by Crippen LogP contribution is 2.17. The average Bonchev–Trinajstić information content (AvgIpc) is 3.08. The van der Waals surface area contributed by atoms with Crippen LogP contribution in [0.15, 0.2) is 122 Å². The van der Waals surface area contributed by atoms with Crippen molar-refractivity contribution in [2.24, 2.45) is 0 Å². The summed E-state index contributed by atoms with van der Waals surface area (Å²) in [4.78, 5) is 38.3. The molecule has 0 radical (unpaired) electrons. The lowest BCUT2D eigenvalue weighted by atomic mass is 10.2. The lowest BCUT2D eigenvalue weighted by molar-refractivity contribution is -0.697. The molecule has 3 aromatic rings. The lowest BCUT2D eigenvalue weighted by Crippen LogP contribution is -2.35. The summed E-state index contributed by atoms with van der Waals surface area (Å²) in [5, 5.41) is 0. The molecule has 1 aromatic heterocycles. The predicted octanol–water partition coefficient (Wildman–Crippen LogP) is 5.99. The van der Waals surface area contributed by atoms with Gasteiger partial charge in [-0.25, -0.2) is 19.0 Å². The van der Waals surface area contributed by atoms with Crippen molar-refractivity contribution in [3.63, 3.8) is 0 Å². The van der Waals surface area contributed by atoms with Crippen LogP contribution in [0.3, 0.4) is 0 Å². The molecule has 10 heteroatoms. The molecule has 0 N–H and O–H groups in total. The second-order valence-corrected chi connectivity index (χ2v) is 10.3. The van der Waals surface area contributed by atoms with Gasteiger partial charge in [0, 0.05) is 38.0 Å². The van der Waals surface area contributed by atoms with Crippen LogP contribution in [0.5, 0.6) is 11.5 Å². The van der Waals surface area contributed by atoms with Crippen molar-refractivity contribution in [3.8, 4) is 11.5 Å². The normalized spacial score (nSPS) is 11.0. The molecular formula is C37H41N2O8+. The van der Waals surface area contributed by atoms with Crippen molar-refractivity contribution in [3.05, 3.63) is 133 Å². The number of carbonyl (C=O) groups excluding carboxylic acids is 3. The molecule has 0 unspecified atom stereocenters. The fourth-order valence-corrected chi connectivity index (χ4v) is 3.91. The number of nitrogens with zero attached hydrogens (tertiary/aromatic N) is 2. The van der Waals surface area contributed by atoms with Gasteiger partial charge in [-0.15, -0.1) is 0 Å². The molecule has 0 aliphatic heterocycles. The monoisotopic (exact) mass is 641 g/mol. The fourth-order valence-electron chi connectivity index (χ4n) is 3.91. The second-order valence-electron chi connectivity index (χ2n) is 10.3. The topological polar surface area (TPSA) is 104 Å². The van der Waals surface area contributed by atoms with E-state index in [0.717, 1.165) is 11.8 Å². The first kappa shape index (κ1) is 35.8. The summed E-state index contributed by atoms with van der Waals surface area (Å²) in [7, 11) is 3.99. The van der Waals surface area contributed by atoms with Gasteiger partial charge in [0.25, 0.3) is 0 Å². The molecule has 246 valence electrons. The number of benzene rings is 2. The Hall–Kier alpha value is -5.64. The van der Waals surface area contributed by atoms with Gasteiger partial charge >= 0.3 is 17.9 Å². The van der Waals surface area contributed by atoms with Crippen LogP contribution >= 0.6 is 0 Å². The van der Waals surface area contributed by atoms with E-state index in [1.165, 1.54) is 12.2 Å². The molecule has 0 amide bonds. The summed E-state index contributed by atoms with van der Waals surface area (Å²) in [6.45, 7) is 10.7. The quantitative estimate of drug-likeness (QED) is 0.0315. The molecule has 2 aromatic carbocycles. The van der Waals surface area contributed by atoms with E-state index >= 15 is 0 Å². The summed E-state index contributed by atoms with van der Waals surface area (Å²) >= 11 is 0. The van der Waals surface area contributed by atoms with E-state index in [1.54, 1.807) is 61.5 Å². The largest absolute Gasteiger partial charge is 0.494 e. The molecule has 0 spiro atoms. The SMILES string of the molecule is C=CC(=O)OCCCCOc1ccc(C(=O)OC(/C=C\C(=C)OC(=O)c2ccc(OCC[n+]3ccc(N(C)C)cc3)cc2)=C/C)cc1. The molecular weight excluding hydrogens is 600 g/mol. The number of hydrogen-bond donors (Lipinski definition) is 0. The molecule has 0 saturated heterocycles.